The highest BCUT2D eigenvalue weighted by Gasteiger charge is 2.21. The van der Waals surface area contributed by atoms with E-state index in [1.54, 1.807) is 7.11 Å². The maximum atomic E-state index is 5.11. The molecule has 1 heterocycles. The largest absolute Gasteiger partial charge is 0.383 e. The molecule has 0 radical (unpaired) electrons. The van der Waals surface area contributed by atoms with Crippen LogP contribution in [-0.4, -0.2) is 50.8 Å². The maximum Gasteiger partial charge on any atom is 0.0613 e. The molecule has 90 valence electrons. The van der Waals surface area contributed by atoms with Gasteiger partial charge in [0.05, 0.1) is 6.61 Å². The zero-order valence-corrected chi connectivity index (χ0v) is 10.5. The third kappa shape index (κ3) is 4.96. The zero-order chi connectivity index (χ0) is 11.1. The Bertz CT molecular complexity index is 164. The monoisotopic (exact) mass is 214 g/mol. The van der Waals surface area contributed by atoms with Gasteiger partial charge in [0.2, 0.25) is 0 Å². The van der Waals surface area contributed by atoms with Crippen LogP contribution in [0.1, 0.15) is 26.7 Å². The first kappa shape index (κ1) is 12.9. The van der Waals surface area contributed by atoms with E-state index in [4.69, 9.17) is 4.74 Å². The van der Waals surface area contributed by atoms with Crippen molar-refractivity contribution in [3.05, 3.63) is 0 Å². The van der Waals surface area contributed by atoms with Gasteiger partial charge in [-0.15, -0.1) is 0 Å². The quantitative estimate of drug-likeness (QED) is 0.692. The Morgan fingerprint density at radius 3 is 3.00 bits per heavy atom. The van der Waals surface area contributed by atoms with Gasteiger partial charge in [0.15, 0.2) is 0 Å². The van der Waals surface area contributed by atoms with Crippen molar-refractivity contribution in [2.45, 2.75) is 32.7 Å². The molecule has 0 spiro atoms. The van der Waals surface area contributed by atoms with Crippen LogP contribution < -0.4 is 5.32 Å². The van der Waals surface area contributed by atoms with Crippen molar-refractivity contribution in [1.29, 1.82) is 0 Å². The minimum atomic E-state index is 0.482. The van der Waals surface area contributed by atoms with Gasteiger partial charge < -0.3 is 15.0 Å². The first-order chi connectivity index (χ1) is 7.26. The Balaban J connectivity index is 2.08. The van der Waals surface area contributed by atoms with Crippen molar-refractivity contribution >= 4 is 0 Å². The van der Waals surface area contributed by atoms with Gasteiger partial charge in [0.1, 0.15) is 0 Å². The molecule has 1 aliphatic heterocycles. The summed E-state index contributed by atoms with van der Waals surface area (Å²) in [7, 11) is 1.76. The second-order valence-corrected chi connectivity index (χ2v) is 4.72. The van der Waals surface area contributed by atoms with Gasteiger partial charge in [0.25, 0.3) is 0 Å². The highest BCUT2D eigenvalue weighted by molar-refractivity contribution is 4.77. The predicted molar refractivity (Wildman–Crippen MR) is 64.2 cm³/mol. The molecule has 15 heavy (non-hydrogen) atoms. The molecule has 0 saturated carbocycles. The molecule has 0 amide bonds. The first-order valence-electron chi connectivity index (χ1n) is 6.21. The van der Waals surface area contributed by atoms with Crippen molar-refractivity contribution in [3.8, 4) is 0 Å². The Kier molecular flexibility index (Phi) is 6.22. The fourth-order valence-electron chi connectivity index (χ4n) is 2.28. The van der Waals surface area contributed by atoms with Crippen LogP contribution in [0.25, 0.3) is 0 Å². The molecule has 1 fully saturated rings. The second kappa shape index (κ2) is 7.20. The zero-order valence-electron chi connectivity index (χ0n) is 10.5. The van der Waals surface area contributed by atoms with Crippen LogP contribution in [0, 0.1) is 5.92 Å². The average molecular weight is 214 g/mol. The number of likely N-dealkylation sites (tertiary alicyclic amines) is 1. The third-order valence-electron chi connectivity index (χ3n) is 3.08. The van der Waals surface area contributed by atoms with E-state index in [0.29, 0.717) is 6.04 Å². The molecule has 1 aliphatic rings. The summed E-state index contributed by atoms with van der Waals surface area (Å²) in [6, 6.07) is 0.482. The van der Waals surface area contributed by atoms with Crippen molar-refractivity contribution in [1.82, 2.24) is 10.2 Å². The van der Waals surface area contributed by atoms with Crippen LogP contribution in [0.2, 0.25) is 0 Å². The summed E-state index contributed by atoms with van der Waals surface area (Å²) in [4.78, 5) is 2.58. The van der Waals surface area contributed by atoms with Crippen LogP contribution in [0.5, 0.6) is 0 Å². The molecular formula is C12H26N2O. The molecule has 1 rings (SSSR count). The van der Waals surface area contributed by atoms with Gasteiger partial charge >= 0.3 is 0 Å². The van der Waals surface area contributed by atoms with Crippen molar-refractivity contribution in [3.63, 3.8) is 0 Å². The Labute approximate surface area is 94.2 Å². The topological polar surface area (TPSA) is 24.5 Å². The van der Waals surface area contributed by atoms with E-state index in [-0.39, 0.29) is 0 Å². The average Bonchev–Trinajstić information content (AvgIpc) is 2.64. The summed E-state index contributed by atoms with van der Waals surface area (Å²) in [5.74, 6) is 0.843. The summed E-state index contributed by atoms with van der Waals surface area (Å²) >= 11 is 0. The summed E-state index contributed by atoms with van der Waals surface area (Å²) in [5, 5.41) is 3.54. The SMILES string of the molecule is CCCN1CCC(CNC(C)COC)C1. The van der Waals surface area contributed by atoms with Crippen LogP contribution in [-0.2, 0) is 4.74 Å². The molecule has 0 aromatic carbocycles. The molecule has 0 aliphatic carbocycles. The lowest BCUT2D eigenvalue weighted by Crippen LogP contribution is -2.35. The summed E-state index contributed by atoms with van der Waals surface area (Å²) < 4.78 is 5.11. The minimum Gasteiger partial charge on any atom is -0.383 e. The number of nitrogens with one attached hydrogen (secondary N) is 1. The number of ether oxygens (including phenoxy) is 1. The lowest BCUT2D eigenvalue weighted by molar-refractivity contribution is 0.170. The van der Waals surface area contributed by atoms with Gasteiger partial charge in [-0.2, -0.15) is 0 Å². The highest BCUT2D eigenvalue weighted by Crippen LogP contribution is 2.15. The Morgan fingerprint density at radius 1 is 1.53 bits per heavy atom. The van der Waals surface area contributed by atoms with Crippen LogP contribution in [0.15, 0.2) is 0 Å². The van der Waals surface area contributed by atoms with Gasteiger partial charge in [-0.25, -0.2) is 0 Å². The second-order valence-electron chi connectivity index (χ2n) is 4.72. The fraction of sp³-hybridized carbons (Fsp3) is 1.00. The maximum absolute atomic E-state index is 5.11. The number of hydrogen-bond acceptors (Lipinski definition) is 3. The van der Waals surface area contributed by atoms with E-state index in [2.05, 4.69) is 24.1 Å². The predicted octanol–water partition coefficient (Wildman–Crippen LogP) is 1.34. The van der Waals surface area contributed by atoms with E-state index >= 15 is 0 Å². The summed E-state index contributed by atoms with van der Waals surface area (Å²) in [5.41, 5.74) is 0. The molecule has 0 aromatic heterocycles. The molecule has 0 bridgehead atoms. The van der Waals surface area contributed by atoms with Gasteiger partial charge in [-0.3, -0.25) is 0 Å². The van der Waals surface area contributed by atoms with E-state index in [1.807, 2.05) is 0 Å². The smallest absolute Gasteiger partial charge is 0.0613 e. The van der Waals surface area contributed by atoms with E-state index in [0.717, 1.165) is 19.1 Å². The summed E-state index contributed by atoms with van der Waals surface area (Å²) in [6.07, 6.45) is 2.63. The van der Waals surface area contributed by atoms with E-state index in [9.17, 15) is 0 Å². The van der Waals surface area contributed by atoms with Crippen molar-refractivity contribution in [2.24, 2.45) is 5.92 Å². The first-order valence-corrected chi connectivity index (χ1v) is 6.21. The molecule has 3 heteroatoms. The molecular weight excluding hydrogens is 188 g/mol. The Hall–Kier alpha value is -0.120. The normalized spacial score (nSPS) is 24.6. The highest BCUT2D eigenvalue weighted by atomic mass is 16.5. The van der Waals surface area contributed by atoms with E-state index in [1.165, 1.54) is 32.5 Å². The number of nitrogens with zero attached hydrogens (tertiary/aromatic N) is 1. The fourth-order valence-corrected chi connectivity index (χ4v) is 2.28. The standard InChI is InChI=1S/C12H26N2O/c1-4-6-14-7-5-12(9-14)8-13-11(2)10-15-3/h11-13H,4-10H2,1-3H3. The molecule has 0 aromatic rings. The van der Waals surface area contributed by atoms with Crippen LogP contribution in [0.3, 0.4) is 0 Å². The van der Waals surface area contributed by atoms with Gasteiger partial charge in [-0.1, -0.05) is 6.92 Å². The number of methoxy groups -OCH3 is 1. The van der Waals surface area contributed by atoms with Crippen molar-refractivity contribution in [2.75, 3.05) is 39.9 Å². The molecule has 2 atom stereocenters. The molecule has 3 nitrogen and oxygen atoms in total. The van der Waals surface area contributed by atoms with Gasteiger partial charge in [-0.05, 0) is 45.3 Å². The number of rotatable bonds is 7. The third-order valence-corrected chi connectivity index (χ3v) is 3.08. The van der Waals surface area contributed by atoms with Crippen LogP contribution in [0.4, 0.5) is 0 Å². The van der Waals surface area contributed by atoms with Crippen LogP contribution >= 0.6 is 0 Å². The Morgan fingerprint density at radius 2 is 2.33 bits per heavy atom. The molecule has 1 saturated heterocycles. The summed E-state index contributed by atoms with van der Waals surface area (Å²) in [6.45, 7) is 10.2. The molecule has 1 N–H and O–H groups in total. The van der Waals surface area contributed by atoms with Gasteiger partial charge in [0, 0.05) is 19.7 Å². The molecule has 2 unspecified atom stereocenters. The lowest BCUT2D eigenvalue weighted by Gasteiger charge is -2.17. The lowest BCUT2D eigenvalue weighted by atomic mass is 10.1. The number of hydrogen-bond donors (Lipinski definition) is 1. The minimum absolute atomic E-state index is 0.482. The van der Waals surface area contributed by atoms with E-state index < -0.39 is 0 Å². The van der Waals surface area contributed by atoms with Crippen molar-refractivity contribution < 1.29 is 4.74 Å².